The normalized spacial score (nSPS) is 10.6. The van der Waals surface area contributed by atoms with Crippen LogP contribution in [0, 0.1) is 10.8 Å². The molecular formula is C14H16N4S2. The highest BCUT2D eigenvalue weighted by molar-refractivity contribution is 8.13. The summed E-state index contributed by atoms with van der Waals surface area (Å²) < 4.78 is 0. The quantitative estimate of drug-likeness (QED) is 0.515. The number of rotatable bonds is 4. The molecule has 2 aromatic rings. The Bertz CT molecular complexity index is 598. The second-order valence-corrected chi connectivity index (χ2v) is 6.31. The molecule has 20 heavy (non-hydrogen) atoms. The van der Waals surface area contributed by atoms with Gasteiger partial charge in [0.15, 0.2) is 10.3 Å². The van der Waals surface area contributed by atoms with E-state index >= 15 is 0 Å². The monoisotopic (exact) mass is 304 g/mol. The molecule has 4 nitrogen and oxygen atoms in total. The standard InChI is InChI=1S/C14H16N4S2/c15-13(16)19-7-11-5-9-3-1-2-4-10(9)6-12(11)8-20-14(17)18/h1-6H,7-8H2,(H3,15,16)(H3,17,18). The summed E-state index contributed by atoms with van der Waals surface area (Å²) in [4.78, 5) is 0. The minimum absolute atomic E-state index is 0.114. The summed E-state index contributed by atoms with van der Waals surface area (Å²) in [6, 6.07) is 12.4. The minimum atomic E-state index is 0.114. The first-order valence-corrected chi connectivity index (χ1v) is 7.97. The summed E-state index contributed by atoms with van der Waals surface area (Å²) in [6.07, 6.45) is 0. The van der Waals surface area contributed by atoms with Gasteiger partial charge in [0.25, 0.3) is 0 Å². The van der Waals surface area contributed by atoms with Crippen LogP contribution in [0.3, 0.4) is 0 Å². The zero-order chi connectivity index (χ0) is 14.5. The second-order valence-electron chi connectivity index (χ2n) is 4.27. The lowest BCUT2D eigenvalue weighted by Crippen LogP contribution is -2.06. The maximum absolute atomic E-state index is 7.33. The van der Waals surface area contributed by atoms with E-state index in [0.29, 0.717) is 11.5 Å². The fraction of sp³-hybridized carbons (Fsp3) is 0.143. The van der Waals surface area contributed by atoms with Crippen LogP contribution in [0.1, 0.15) is 11.1 Å². The van der Waals surface area contributed by atoms with Crippen molar-refractivity contribution >= 4 is 44.6 Å². The molecule has 0 unspecified atom stereocenters. The van der Waals surface area contributed by atoms with Gasteiger partial charge in [-0.25, -0.2) is 0 Å². The smallest absolute Gasteiger partial charge is 0.151 e. The van der Waals surface area contributed by atoms with E-state index in [2.05, 4.69) is 24.3 Å². The molecular weight excluding hydrogens is 288 g/mol. The molecule has 2 aromatic carbocycles. The summed E-state index contributed by atoms with van der Waals surface area (Å²) in [5.74, 6) is 1.32. The van der Waals surface area contributed by atoms with Crippen molar-refractivity contribution in [2.75, 3.05) is 0 Å². The Morgan fingerprint density at radius 2 is 1.25 bits per heavy atom. The van der Waals surface area contributed by atoms with Crippen molar-refractivity contribution in [2.45, 2.75) is 11.5 Å². The molecule has 0 aliphatic heterocycles. The largest absolute Gasteiger partial charge is 0.379 e. The number of benzene rings is 2. The van der Waals surface area contributed by atoms with Crippen LogP contribution in [0.15, 0.2) is 36.4 Å². The Hall–Kier alpha value is -1.66. The van der Waals surface area contributed by atoms with E-state index in [4.69, 9.17) is 22.3 Å². The first-order chi connectivity index (χ1) is 9.56. The van der Waals surface area contributed by atoms with Crippen LogP contribution in [0.4, 0.5) is 0 Å². The van der Waals surface area contributed by atoms with Gasteiger partial charge in [0.2, 0.25) is 0 Å². The highest BCUT2D eigenvalue weighted by atomic mass is 32.2. The molecule has 2 rings (SSSR count). The summed E-state index contributed by atoms with van der Waals surface area (Å²) >= 11 is 2.62. The van der Waals surface area contributed by atoms with Gasteiger partial charge in [0, 0.05) is 11.5 Å². The molecule has 0 spiro atoms. The number of hydrogen-bond donors (Lipinski definition) is 4. The zero-order valence-corrected chi connectivity index (χ0v) is 12.5. The Labute approximate surface area is 126 Å². The number of nitrogens with two attached hydrogens (primary N) is 2. The average Bonchev–Trinajstić information content (AvgIpc) is 2.42. The van der Waals surface area contributed by atoms with Crippen molar-refractivity contribution in [1.82, 2.24) is 0 Å². The number of hydrogen-bond acceptors (Lipinski definition) is 4. The molecule has 0 heterocycles. The van der Waals surface area contributed by atoms with E-state index in [-0.39, 0.29) is 10.3 Å². The maximum Gasteiger partial charge on any atom is 0.151 e. The maximum atomic E-state index is 7.33. The topological polar surface area (TPSA) is 99.7 Å². The Morgan fingerprint density at radius 1 is 0.850 bits per heavy atom. The molecule has 0 aliphatic rings. The Kier molecular flexibility index (Phi) is 4.92. The van der Waals surface area contributed by atoms with Crippen LogP contribution in [0.2, 0.25) is 0 Å². The van der Waals surface area contributed by atoms with Gasteiger partial charge in [0.05, 0.1) is 0 Å². The van der Waals surface area contributed by atoms with Gasteiger partial charge >= 0.3 is 0 Å². The van der Waals surface area contributed by atoms with Crippen molar-refractivity contribution in [3.05, 3.63) is 47.5 Å². The van der Waals surface area contributed by atoms with Gasteiger partial charge in [0.1, 0.15) is 0 Å². The molecule has 0 aromatic heterocycles. The molecule has 6 heteroatoms. The van der Waals surface area contributed by atoms with E-state index in [9.17, 15) is 0 Å². The van der Waals surface area contributed by atoms with Gasteiger partial charge in [-0.15, -0.1) is 0 Å². The third-order valence-corrected chi connectivity index (χ3v) is 4.37. The molecule has 0 aliphatic carbocycles. The zero-order valence-electron chi connectivity index (χ0n) is 10.8. The molecule has 6 N–H and O–H groups in total. The first-order valence-electron chi connectivity index (χ1n) is 6.00. The number of amidine groups is 2. The van der Waals surface area contributed by atoms with Crippen molar-refractivity contribution in [2.24, 2.45) is 11.5 Å². The van der Waals surface area contributed by atoms with E-state index in [1.54, 1.807) is 0 Å². The summed E-state index contributed by atoms with van der Waals surface area (Å²) in [6.45, 7) is 0. The van der Waals surface area contributed by atoms with Crippen molar-refractivity contribution in [1.29, 1.82) is 10.8 Å². The third kappa shape index (κ3) is 3.91. The highest BCUT2D eigenvalue weighted by Gasteiger charge is 2.07. The van der Waals surface area contributed by atoms with Crippen LogP contribution in [0.25, 0.3) is 10.8 Å². The number of fused-ring (bicyclic) bond motifs is 1. The summed E-state index contributed by atoms with van der Waals surface area (Å²) in [7, 11) is 0. The van der Waals surface area contributed by atoms with Crippen molar-refractivity contribution in [3.63, 3.8) is 0 Å². The van der Waals surface area contributed by atoms with Crippen LogP contribution in [-0.4, -0.2) is 10.3 Å². The fourth-order valence-corrected chi connectivity index (χ4v) is 3.07. The number of thioether (sulfide) groups is 2. The highest BCUT2D eigenvalue weighted by Crippen LogP contribution is 2.26. The number of nitrogens with one attached hydrogen (secondary N) is 2. The van der Waals surface area contributed by atoms with Crippen molar-refractivity contribution < 1.29 is 0 Å². The van der Waals surface area contributed by atoms with E-state index in [1.165, 1.54) is 34.3 Å². The lowest BCUT2D eigenvalue weighted by Gasteiger charge is -2.11. The van der Waals surface area contributed by atoms with Gasteiger partial charge < -0.3 is 11.5 Å². The fourth-order valence-electron chi connectivity index (χ4n) is 1.91. The van der Waals surface area contributed by atoms with Gasteiger partial charge in [-0.05, 0) is 34.0 Å². The SMILES string of the molecule is N=C(N)SCc1cc2ccccc2cc1CSC(=N)N. The first kappa shape index (κ1) is 14.7. The lowest BCUT2D eigenvalue weighted by molar-refractivity contribution is 1.30. The predicted octanol–water partition coefficient (Wildman–Crippen LogP) is 3.09. The van der Waals surface area contributed by atoms with Gasteiger partial charge in [-0.2, -0.15) is 0 Å². The van der Waals surface area contributed by atoms with E-state index in [0.717, 1.165) is 11.1 Å². The van der Waals surface area contributed by atoms with Crippen molar-refractivity contribution in [3.8, 4) is 0 Å². The molecule has 0 atom stereocenters. The van der Waals surface area contributed by atoms with Gasteiger partial charge in [-0.1, -0.05) is 47.8 Å². The third-order valence-electron chi connectivity index (χ3n) is 2.83. The van der Waals surface area contributed by atoms with E-state index in [1.807, 2.05) is 12.1 Å². The predicted molar refractivity (Wildman–Crippen MR) is 90.4 cm³/mol. The molecule has 104 valence electrons. The molecule has 0 amide bonds. The summed E-state index contributed by atoms with van der Waals surface area (Å²) in [5, 5.41) is 17.2. The van der Waals surface area contributed by atoms with Crippen LogP contribution < -0.4 is 11.5 Å². The molecule has 0 saturated carbocycles. The minimum Gasteiger partial charge on any atom is -0.379 e. The Morgan fingerprint density at radius 3 is 1.60 bits per heavy atom. The average molecular weight is 304 g/mol. The van der Waals surface area contributed by atoms with Gasteiger partial charge in [-0.3, -0.25) is 10.8 Å². The molecule has 0 radical (unpaired) electrons. The molecule has 0 fully saturated rings. The van der Waals surface area contributed by atoms with E-state index < -0.39 is 0 Å². The Balaban J connectivity index is 2.35. The van der Waals surface area contributed by atoms with Crippen LogP contribution >= 0.6 is 23.5 Å². The molecule has 0 bridgehead atoms. The second kappa shape index (κ2) is 6.67. The van der Waals surface area contributed by atoms with Crippen LogP contribution in [0.5, 0.6) is 0 Å². The van der Waals surface area contributed by atoms with Crippen LogP contribution in [-0.2, 0) is 11.5 Å². The lowest BCUT2D eigenvalue weighted by atomic mass is 10.0. The summed E-state index contributed by atoms with van der Waals surface area (Å²) in [5.41, 5.74) is 13.1. The molecule has 0 saturated heterocycles.